The van der Waals surface area contributed by atoms with E-state index in [9.17, 15) is 0 Å². The Balaban J connectivity index is 1.63. The van der Waals surface area contributed by atoms with Gasteiger partial charge >= 0.3 is 0 Å². The number of thioether (sulfide) groups is 1. The van der Waals surface area contributed by atoms with Gasteiger partial charge in [-0.2, -0.15) is 5.10 Å². The lowest BCUT2D eigenvalue weighted by atomic mass is 10.1. The molecule has 0 atom stereocenters. The molecule has 0 radical (unpaired) electrons. The summed E-state index contributed by atoms with van der Waals surface area (Å²) < 4.78 is 7.39. The summed E-state index contributed by atoms with van der Waals surface area (Å²) in [5.41, 5.74) is 4.44. The first-order valence-electron chi connectivity index (χ1n) is 10.3. The lowest BCUT2D eigenvalue weighted by Crippen LogP contribution is -2.28. The highest BCUT2D eigenvalue weighted by atomic mass is 35.5. The molecule has 0 bridgehead atoms. The first-order valence-corrected chi connectivity index (χ1v) is 11.9. The summed E-state index contributed by atoms with van der Waals surface area (Å²) in [6.07, 6.45) is 7.57. The Bertz CT molecular complexity index is 1030. The molecule has 0 unspecified atom stereocenters. The highest BCUT2D eigenvalue weighted by molar-refractivity contribution is 7.98. The Morgan fingerprint density at radius 3 is 2.45 bits per heavy atom. The van der Waals surface area contributed by atoms with Gasteiger partial charge in [-0.25, -0.2) is 4.52 Å². The molecule has 29 heavy (non-hydrogen) atoms. The molecule has 0 amide bonds. The largest absolute Gasteiger partial charge is 0.497 e. The molecule has 0 saturated heterocycles. The van der Waals surface area contributed by atoms with Crippen molar-refractivity contribution in [2.45, 2.75) is 30.7 Å². The van der Waals surface area contributed by atoms with Crippen LogP contribution in [0.15, 0.2) is 41.4 Å². The Labute approximate surface area is 181 Å². The molecule has 152 valence electrons. The second kappa shape index (κ2) is 7.77. The number of rotatable bonds is 8. The van der Waals surface area contributed by atoms with Crippen LogP contribution in [0, 0.1) is 11.8 Å². The van der Waals surface area contributed by atoms with Gasteiger partial charge in [0, 0.05) is 18.7 Å². The van der Waals surface area contributed by atoms with Gasteiger partial charge in [0.2, 0.25) is 0 Å². The van der Waals surface area contributed by atoms with E-state index < -0.39 is 0 Å². The summed E-state index contributed by atoms with van der Waals surface area (Å²) in [5.74, 6) is 2.45. The van der Waals surface area contributed by atoms with Gasteiger partial charge in [0.1, 0.15) is 10.8 Å². The van der Waals surface area contributed by atoms with Gasteiger partial charge in [-0.3, -0.25) is 0 Å². The Hall–Kier alpha value is -1.85. The van der Waals surface area contributed by atoms with E-state index in [2.05, 4.69) is 33.9 Å². The third-order valence-corrected chi connectivity index (χ3v) is 6.89. The normalized spacial score (nSPS) is 16.4. The minimum Gasteiger partial charge on any atom is -0.497 e. The summed E-state index contributed by atoms with van der Waals surface area (Å²) in [7, 11) is 1.66. The number of ether oxygens (including phenoxy) is 1. The second-order valence-electron chi connectivity index (χ2n) is 8.20. The Kier molecular flexibility index (Phi) is 5.12. The molecule has 1 aromatic carbocycles. The fourth-order valence-corrected chi connectivity index (χ4v) is 4.84. The van der Waals surface area contributed by atoms with Crippen molar-refractivity contribution in [1.82, 2.24) is 9.61 Å². The molecule has 0 spiro atoms. The molecule has 0 aliphatic heterocycles. The van der Waals surface area contributed by atoms with E-state index >= 15 is 0 Å². The predicted molar refractivity (Wildman–Crippen MR) is 122 cm³/mol. The number of nitrogens with zero attached hydrogens (tertiary/aromatic N) is 3. The fourth-order valence-electron chi connectivity index (χ4n) is 3.99. The van der Waals surface area contributed by atoms with Gasteiger partial charge < -0.3 is 9.64 Å². The van der Waals surface area contributed by atoms with Crippen molar-refractivity contribution in [1.29, 1.82) is 0 Å². The van der Waals surface area contributed by atoms with E-state index in [4.69, 9.17) is 21.4 Å². The molecule has 2 fully saturated rings. The highest BCUT2D eigenvalue weighted by Crippen LogP contribution is 2.41. The number of anilines is 1. The van der Waals surface area contributed by atoms with Crippen molar-refractivity contribution in [3.05, 3.63) is 41.4 Å². The molecule has 4 nitrogen and oxygen atoms in total. The van der Waals surface area contributed by atoms with Gasteiger partial charge in [-0.1, -0.05) is 17.7 Å². The number of benzene rings is 1. The summed E-state index contributed by atoms with van der Waals surface area (Å²) >= 11 is 8.34. The molecule has 0 N–H and O–H groups in total. The van der Waals surface area contributed by atoms with E-state index in [1.54, 1.807) is 18.9 Å². The number of halogens is 1. The summed E-state index contributed by atoms with van der Waals surface area (Å²) in [5, 5.41) is 6.79. The summed E-state index contributed by atoms with van der Waals surface area (Å²) in [6.45, 7) is 2.30. The van der Waals surface area contributed by atoms with Crippen LogP contribution in [0.2, 0.25) is 5.02 Å². The van der Waals surface area contributed by atoms with E-state index in [0.29, 0.717) is 5.02 Å². The maximum atomic E-state index is 6.60. The number of hydrogen-bond acceptors (Lipinski definition) is 4. The molecule has 2 aromatic heterocycles. The Morgan fingerprint density at radius 2 is 1.86 bits per heavy atom. The van der Waals surface area contributed by atoms with Crippen LogP contribution in [0.3, 0.4) is 0 Å². The summed E-state index contributed by atoms with van der Waals surface area (Å²) in [4.78, 5) is 2.61. The molecule has 6 heteroatoms. The maximum absolute atomic E-state index is 6.60. The third kappa shape index (κ3) is 3.82. The molecule has 2 aliphatic rings. The average molecular weight is 428 g/mol. The third-order valence-electron chi connectivity index (χ3n) is 5.91. The summed E-state index contributed by atoms with van der Waals surface area (Å²) in [6, 6.07) is 12.2. The Morgan fingerprint density at radius 1 is 1.14 bits per heavy atom. The van der Waals surface area contributed by atoms with Crippen molar-refractivity contribution in [3.8, 4) is 17.0 Å². The number of hydrogen-bond donors (Lipinski definition) is 0. The standard InChI is InChI=1S/C23H26ClN3OS/c1-28-17-10-11-18(19(24)12-17)20-4-3-5-21-22(23(29-2)25-27(20)21)26(13-15-6-7-15)14-16-8-9-16/h3-5,10-12,15-16H,6-9,13-14H2,1-2H3. The SMILES string of the molecule is COc1ccc(-c2cccc3c(N(CC4CC4)CC4CC4)c(SC)nn23)c(Cl)c1. The van der Waals surface area contributed by atoms with Gasteiger partial charge in [0.05, 0.1) is 29.0 Å². The van der Waals surface area contributed by atoms with Crippen molar-refractivity contribution < 1.29 is 4.74 Å². The molecule has 3 aromatic rings. The minimum absolute atomic E-state index is 0.674. The van der Waals surface area contributed by atoms with E-state index in [-0.39, 0.29) is 0 Å². The topological polar surface area (TPSA) is 29.8 Å². The lowest BCUT2D eigenvalue weighted by Gasteiger charge is -2.25. The van der Waals surface area contributed by atoms with Crippen molar-refractivity contribution in [3.63, 3.8) is 0 Å². The number of methoxy groups -OCH3 is 1. The number of fused-ring (bicyclic) bond motifs is 1. The number of aromatic nitrogens is 2. The molecule has 5 rings (SSSR count). The number of pyridine rings is 1. The first-order chi connectivity index (χ1) is 14.2. The maximum Gasteiger partial charge on any atom is 0.142 e. The molecular formula is C23H26ClN3OS. The van der Waals surface area contributed by atoms with Crippen LogP contribution in [-0.4, -0.2) is 36.1 Å². The lowest BCUT2D eigenvalue weighted by molar-refractivity contribution is 0.415. The molecule has 2 heterocycles. The van der Waals surface area contributed by atoms with Gasteiger partial charge in [-0.15, -0.1) is 11.8 Å². The van der Waals surface area contributed by atoms with Crippen molar-refractivity contribution >= 4 is 34.6 Å². The smallest absolute Gasteiger partial charge is 0.142 e. The van der Waals surface area contributed by atoms with E-state index in [1.807, 2.05) is 18.2 Å². The first kappa shape index (κ1) is 19.1. The van der Waals surface area contributed by atoms with Crippen LogP contribution in [-0.2, 0) is 0 Å². The van der Waals surface area contributed by atoms with Gasteiger partial charge in [0.25, 0.3) is 0 Å². The van der Waals surface area contributed by atoms with Crippen LogP contribution in [0.5, 0.6) is 5.75 Å². The zero-order valence-corrected chi connectivity index (χ0v) is 18.5. The van der Waals surface area contributed by atoms with Gasteiger partial charge in [-0.05, 0) is 74.1 Å². The zero-order chi connectivity index (χ0) is 20.0. The van der Waals surface area contributed by atoms with Crippen molar-refractivity contribution in [2.24, 2.45) is 11.8 Å². The fraction of sp³-hybridized carbons (Fsp3) is 0.435. The zero-order valence-electron chi connectivity index (χ0n) is 16.9. The average Bonchev–Trinajstić information content (AvgIpc) is 3.66. The molecule has 2 saturated carbocycles. The van der Waals surface area contributed by atoms with Crippen LogP contribution in [0.4, 0.5) is 5.69 Å². The molecule has 2 aliphatic carbocycles. The van der Waals surface area contributed by atoms with Crippen LogP contribution < -0.4 is 9.64 Å². The quantitative estimate of drug-likeness (QED) is 0.411. The van der Waals surface area contributed by atoms with E-state index in [0.717, 1.165) is 47.0 Å². The van der Waals surface area contributed by atoms with Crippen LogP contribution >= 0.6 is 23.4 Å². The minimum atomic E-state index is 0.674. The van der Waals surface area contributed by atoms with Gasteiger partial charge in [0.15, 0.2) is 0 Å². The second-order valence-corrected chi connectivity index (χ2v) is 9.41. The monoisotopic (exact) mass is 427 g/mol. The molecular weight excluding hydrogens is 402 g/mol. The predicted octanol–water partition coefficient (Wildman–Crippen LogP) is 6.01. The van der Waals surface area contributed by atoms with E-state index in [1.165, 1.54) is 36.9 Å². The van der Waals surface area contributed by atoms with Crippen LogP contribution in [0.25, 0.3) is 16.8 Å². The van der Waals surface area contributed by atoms with Crippen molar-refractivity contribution in [2.75, 3.05) is 31.4 Å². The highest BCUT2D eigenvalue weighted by Gasteiger charge is 2.32. The van der Waals surface area contributed by atoms with Crippen LogP contribution in [0.1, 0.15) is 25.7 Å².